The highest BCUT2D eigenvalue weighted by molar-refractivity contribution is 5.88. The predicted molar refractivity (Wildman–Crippen MR) is 214 cm³/mol. The fraction of sp³-hybridized carbons (Fsp3) is 0.191. The van der Waals surface area contributed by atoms with Crippen LogP contribution in [0, 0.1) is 0 Å². The van der Waals surface area contributed by atoms with Crippen molar-refractivity contribution in [2.75, 3.05) is 12.0 Å². The highest BCUT2D eigenvalue weighted by Crippen LogP contribution is 2.40. The number of benzene rings is 5. The van der Waals surface area contributed by atoms with Gasteiger partial charge in [-0.2, -0.15) is 0 Å². The van der Waals surface area contributed by atoms with Crippen molar-refractivity contribution < 1.29 is 4.74 Å². The minimum atomic E-state index is -0.0105. The monoisotopic (exact) mass is 667 g/mol. The lowest BCUT2D eigenvalue weighted by molar-refractivity contribution is 0.416. The summed E-state index contributed by atoms with van der Waals surface area (Å²) in [6.07, 6.45) is 1.95. The van der Waals surface area contributed by atoms with Crippen LogP contribution in [0.2, 0.25) is 0 Å². The number of anilines is 3. The normalized spacial score (nSPS) is 11.8. The van der Waals surface area contributed by atoms with E-state index in [1.807, 2.05) is 36.5 Å². The number of methoxy groups -OCH3 is 1. The van der Waals surface area contributed by atoms with Crippen LogP contribution < -0.4 is 9.64 Å². The van der Waals surface area contributed by atoms with Gasteiger partial charge in [-0.3, -0.25) is 4.90 Å². The fourth-order valence-corrected chi connectivity index (χ4v) is 6.49. The van der Waals surface area contributed by atoms with Crippen molar-refractivity contribution in [3.63, 3.8) is 0 Å². The summed E-state index contributed by atoms with van der Waals surface area (Å²) in [5.74, 6) is 1.64. The van der Waals surface area contributed by atoms with Gasteiger partial charge in [-0.15, -0.1) is 0 Å². The molecule has 2 aromatic heterocycles. The Hall–Kier alpha value is -5.74. The van der Waals surface area contributed by atoms with Crippen molar-refractivity contribution in [3.8, 4) is 39.4 Å². The summed E-state index contributed by atoms with van der Waals surface area (Å²) in [7, 11) is 1.72. The molecule has 0 amide bonds. The summed E-state index contributed by atoms with van der Waals surface area (Å²) in [6.45, 7) is 13.7. The molecule has 0 saturated carbocycles. The van der Waals surface area contributed by atoms with Crippen LogP contribution in [0.25, 0.3) is 44.4 Å². The van der Waals surface area contributed by atoms with Crippen LogP contribution in [0.4, 0.5) is 17.2 Å². The Morgan fingerprint density at radius 2 is 1.12 bits per heavy atom. The van der Waals surface area contributed by atoms with E-state index in [4.69, 9.17) is 14.7 Å². The maximum atomic E-state index is 5.84. The third-order valence-electron chi connectivity index (χ3n) is 9.47. The molecule has 254 valence electrons. The maximum Gasteiger partial charge on any atom is 0.138 e. The first-order valence-electron chi connectivity index (χ1n) is 17.6. The second-order valence-electron chi connectivity index (χ2n) is 15.2. The van der Waals surface area contributed by atoms with Crippen molar-refractivity contribution in [2.24, 2.45) is 0 Å². The van der Waals surface area contributed by atoms with E-state index in [1.54, 1.807) is 7.11 Å². The molecule has 0 radical (unpaired) electrons. The van der Waals surface area contributed by atoms with Gasteiger partial charge in [0, 0.05) is 34.1 Å². The quantitative estimate of drug-likeness (QED) is 0.170. The van der Waals surface area contributed by atoms with Gasteiger partial charge in [0.05, 0.1) is 18.5 Å². The molecule has 0 saturated heterocycles. The standard InChI is InChI=1S/C47H45N3O/c1-46(2,3)37-24-35(25-38(30-37)47(4,5)6)36-27-42(49-43(28-36)41-22-13-14-23-44(41)51-7)33-18-15-21-40(26-33)50(39-19-9-8-10-20-39)45-29-32-16-11-12-17-34(32)31-48-45/h8-31H,1-7H3. The first-order chi connectivity index (χ1) is 24.5. The molecule has 0 aliphatic heterocycles. The highest BCUT2D eigenvalue weighted by Gasteiger charge is 2.22. The maximum absolute atomic E-state index is 5.84. The van der Waals surface area contributed by atoms with E-state index in [-0.39, 0.29) is 10.8 Å². The minimum Gasteiger partial charge on any atom is -0.496 e. The molecule has 0 unspecified atom stereocenters. The van der Waals surface area contributed by atoms with E-state index in [0.717, 1.165) is 61.8 Å². The average Bonchev–Trinajstić information content (AvgIpc) is 3.14. The van der Waals surface area contributed by atoms with Crippen LogP contribution in [0.1, 0.15) is 52.7 Å². The number of ether oxygens (including phenoxy) is 1. The number of para-hydroxylation sites is 2. The molecule has 51 heavy (non-hydrogen) atoms. The Morgan fingerprint density at radius 1 is 0.510 bits per heavy atom. The van der Waals surface area contributed by atoms with Gasteiger partial charge in [-0.05, 0) is 93.1 Å². The first kappa shape index (κ1) is 33.7. The van der Waals surface area contributed by atoms with Gasteiger partial charge in [-0.1, -0.05) is 126 Å². The molecule has 0 fully saturated rings. The molecular formula is C47H45N3O. The van der Waals surface area contributed by atoms with Crippen LogP contribution in [0.3, 0.4) is 0 Å². The lowest BCUT2D eigenvalue weighted by atomic mass is 9.79. The lowest BCUT2D eigenvalue weighted by Gasteiger charge is -2.26. The van der Waals surface area contributed by atoms with Crippen LogP contribution in [-0.2, 0) is 10.8 Å². The SMILES string of the molecule is COc1ccccc1-c1cc(-c2cc(C(C)(C)C)cc(C(C)(C)C)c2)cc(-c2cccc(N(c3ccccc3)c3cc4ccccc4cn3)c2)n1. The fourth-order valence-electron chi connectivity index (χ4n) is 6.49. The molecule has 7 rings (SSSR count). The molecule has 4 heteroatoms. The van der Waals surface area contributed by atoms with E-state index in [1.165, 1.54) is 16.7 Å². The summed E-state index contributed by atoms with van der Waals surface area (Å²) in [5.41, 5.74) is 10.6. The Bertz CT molecular complexity index is 2300. The molecule has 7 aromatic rings. The molecule has 0 N–H and O–H groups in total. The Balaban J connectivity index is 1.43. The second kappa shape index (κ2) is 13.5. The van der Waals surface area contributed by atoms with Gasteiger partial charge in [-0.25, -0.2) is 9.97 Å². The molecule has 0 aliphatic rings. The number of aromatic nitrogens is 2. The van der Waals surface area contributed by atoms with Crippen LogP contribution in [0.5, 0.6) is 5.75 Å². The third-order valence-corrected chi connectivity index (χ3v) is 9.47. The van der Waals surface area contributed by atoms with Crippen LogP contribution in [0.15, 0.2) is 146 Å². The van der Waals surface area contributed by atoms with Gasteiger partial charge in [0.25, 0.3) is 0 Å². The molecule has 0 aliphatic carbocycles. The van der Waals surface area contributed by atoms with Crippen molar-refractivity contribution in [3.05, 3.63) is 157 Å². The van der Waals surface area contributed by atoms with Gasteiger partial charge < -0.3 is 4.74 Å². The van der Waals surface area contributed by atoms with Gasteiger partial charge in [0.1, 0.15) is 11.6 Å². The molecule has 4 nitrogen and oxygen atoms in total. The summed E-state index contributed by atoms with van der Waals surface area (Å²) in [4.78, 5) is 12.5. The smallest absolute Gasteiger partial charge is 0.138 e. The zero-order valence-electron chi connectivity index (χ0n) is 30.6. The number of nitrogens with zero attached hydrogens (tertiary/aromatic N) is 3. The van der Waals surface area contributed by atoms with Gasteiger partial charge in [0.15, 0.2) is 0 Å². The summed E-state index contributed by atoms with van der Waals surface area (Å²) in [6, 6.07) is 49.1. The Kier molecular flexibility index (Phi) is 8.95. The van der Waals surface area contributed by atoms with Crippen LogP contribution in [-0.4, -0.2) is 17.1 Å². The molecule has 0 spiro atoms. The van der Waals surface area contributed by atoms with Crippen molar-refractivity contribution in [2.45, 2.75) is 52.4 Å². The first-order valence-corrected chi connectivity index (χ1v) is 17.6. The van der Waals surface area contributed by atoms with Gasteiger partial charge >= 0.3 is 0 Å². The van der Waals surface area contributed by atoms with E-state index in [9.17, 15) is 0 Å². The topological polar surface area (TPSA) is 38.2 Å². The highest BCUT2D eigenvalue weighted by atomic mass is 16.5. The predicted octanol–water partition coefficient (Wildman–Crippen LogP) is 12.7. The Labute approximate surface area is 302 Å². The number of fused-ring (bicyclic) bond motifs is 1. The van der Waals surface area contributed by atoms with Crippen molar-refractivity contribution in [1.82, 2.24) is 9.97 Å². The van der Waals surface area contributed by atoms with Crippen molar-refractivity contribution >= 4 is 28.0 Å². The zero-order chi connectivity index (χ0) is 35.8. The van der Waals surface area contributed by atoms with Crippen molar-refractivity contribution in [1.29, 1.82) is 0 Å². The van der Waals surface area contributed by atoms with Gasteiger partial charge in [0.2, 0.25) is 0 Å². The minimum absolute atomic E-state index is 0.0105. The number of pyridine rings is 2. The third kappa shape index (κ3) is 7.13. The number of hydrogen-bond acceptors (Lipinski definition) is 4. The van der Waals surface area contributed by atoms with E-state index in [0.29, 0.717) is 0 Å². The molecule has 0 bridgehead atoms. The molecular weight excluding hydrogens is 623 g/mol. The number of rotatable bonds is 7. The molecule has 5 aromatic carbocycles. The molecule has 2 heterocycles. The van der Waals surface area contributed by atoms with E-state index in [2.05, 4.69) is 156 Å². The lowest BCUT2D eigenvalue weighted by Crippen LogP contribution is -2.16. The number of hydrogen-bond donors (Lipinski definition) is 0. The zero-order valence-corrected chi connectivity index (χ0v) is 30.6. The summed E-state index contributed by atoms with van der Waals surface area (Å²) >= 11 is 0. The summed E-state index contributed by atoms with van der Waals surface area (Å²) in [5, 5.41) is 2.25. The second-order valence-corrected chi connectivity index (χ2v) is 15.2. The largest absolute Gasteiger partial charge is 0.496 e. The summed E-state index contributed by atoms with van der Waals surface area (Å²) < 4.78 is 5.84. The van der Waals surface area contributed by atoms with E-state index < -0.39 is 0 Å². The molecule has 0 atom stereocenters. The van der Waals surface area contributed by atoms with Crippen LogP contribution >= 0.6 is 0 Å². The Morgan fingerprint density at radius 3 is 1.82 bits per heavy atom. The van der Waals surface area contributed by atoms with E-state index >= 15 is 0 Å². The average molecular weight is 668 g/mol.